The summed E-state index contributed by atoms with van der Waals surface area (Å²) in [6.45, 7) is 3.84. The Morgan fingerprint density at radius 1 is 1.26 bits per heavy atom. The number of hydrogen-bond donors (Lipinski definition) is 1. The van der Waals surface area contributed by atoms with Crippen LogP contribution in [-0.4, -0.2) is 18.2 Å². The van der Waals surface area contributed by atoms with Crippen molar-refractivity contribution in [3.05, 3.63) is 41.7 Å². The molecule has 0 radical (unpaired) electrons. The van der Waals surface area contributed by atoms with Crippen molar-refractivity contribution >= 4 is 15.7 Å². The first-order valence-corrected chi connectivity index (χ1v) is 7.52. The first-order chi connectivity index (χ1) is 8.94. The second kappa shape index (κ2) is 5.05. The van der Waals surface area contributed by atoms with Crippen molar-refractivity contribution in [2.75, 3.05) is 4.72 Å². The maximum atomic E-state index is 12.2. The molecule has 2 rings (SSSR count). The lowest BCUT2D eigenvalue weighted by molar-refractivity contribution is 0.601. The highest BCUT2D eigenvalue weighted by Gasteiger charge is 2.16. The van der Waals surface area contributed by atoms with E-state index in [-0.39, 0.29) is 4.90 Å². The first kappa shape index (κ1) is 13.6. The van der Waals surface area contributed by atoms with E-state index in [1.165, 1.54) is 6.20 Å². The predicted octanol–water partition coefficient (Wildman–Crippen LogP) is 2.09. The molecule has 1 heterocycles. The number of benzene rings is 1. The lowest BCUT2D eigenvalue weighted by Crippen LogP contribution is -2.13. The minimum atomic E-state index is -3.55. The minimum absolute atomic E-state index is 0.257. The fourth-order valence-corrected chi connectivity index (χ4v) is 2.81. The zero-order valence-corrected chi connectivity index (χ0v) is 12.0. The highest BCUT2D eigenvalue weighted by atomic mass is 32.2. The molecule has 0 bridgehead atoms. The molecule has 102 valence electrons. The normalized spacial score (nSPS) is 11.5. The van der Waals surface area contributed by atoms with Gasteiger partial charge in [-0.05, 0) is 31.0 Å². The van der Waals surface area contributed by atoms with Crippen molar-refractivity contribution in [1.29, 1.82) is 0 Å². The molecule has 0 amide bonds. The molecule has 0 fully saturated rings. The van der Waals surface area contributed by atoms with E-state index in [1.54, 1.807) is 23.9 Å². The van der Waals surface area contributed by atoms with Gasteiger partial charge in [-0.1, -0.05) is 19.1 Å². The zero-order chi connectivity index (χ0) is 14.0. The molecule has 0 spiro atoms. The molecule has 6 heteroatoms. The van der Waals surface area contributed by atoms with E-state index in [2.05, 4.69) is 9.82 Å². The number of nitrogens with one attached hydrogen (secondary N) is 1. The van der Waals surface area contributed by atoms with E-state index in [9.17, 15) is 8.42 Å². The van der Waals surface area contributed by atoms with Gasteiger partial charge in [0.2, 0.25) is 0 Å². The molecule has 0 unspecified atom stereocenters. The van der Waals surface area contributed by atoms with E-state index < -0.39 is 10.0 Å². The van der Waals surface area contributed by atoms with Crippen LogP contribution in [-0.2, 0) is 23.5 Å². The van der Waals surface area contributed by atoms with E-state index in [0.29, 0.717) is 5.69 Å². The highest BCUT2D eigenvalue weighted by molar-refractivity contribution is 7.92. The van der Waals surface area contributed by atoms with E-state index >= 15 is 0 Å². The average molecular weight is 279 g/mol. The molecule has 1 aromatic heterocycles. The van der Waals surface area contributed by atoms with Crippen LogP contribution >= 0.6 is 0 Å². The molecule has 5 nitrogen and oxygen atoms in total. The smallest absolute Gasteiger partial charge is 0.262 e. The Bertz CT molecular complexity index is 672. The van der Waals surface area contributed by atoms with Gasteiger partial charge in [-0.15, -0.1) is 0 Å². The Morgan fingerprint density at radius 3 is 2.37 bits per heavy atom. The lowest BCUT2D eigenvalue weighted by Gasteiger charge is -2.08. The van der Waals surface area contributed by atoms with Gasteiger partial charge in [0, 0.05) is 7.05 Å². The van der Waals surface area contributed by atoms with Crippen LogP contribution in [0.25, 0.3) is 0 Å². The van der Waals surface area contributed by atoms with Crippen molar-refractivity contribution in [1.82, 2.24) is 9.78 Å². The molecule has 1 aromatic carbocycles. The van der Waals surface area contributed by atoms with Crippen LogP contribution in [0.1, 0.15) is 18.2 Å². The van der Waals surface area contributed by atoms with Crippen molar-refractivity contribution in [3.8, 4) is 0 Å². The summed E-state index contributed by atoms with van der Waals surface area (Å²) in [7, 11) is -1.78. The Labute approximate surface area is 113 Å². The van der Waals surface area contributed by atoms with Crippen molar-refractivity contribution in [3.63, 3.8) is 0 Å². The summed E-state index contributed by atoms with van der Waals surface area (Å²) in [6, 6.07) is 6.88. The third-order valence-electron chi connectivity index (χ3n) is 3.12. The Balaban J connectivity index is 2.29. The molecule has 0 saturated heterocycles. The van der Waals surface area contributed by atoms with Gasteiger partial charge in [-0.25, -0.2) is 8.42 Å². The second-order valence-corrected chi connectivity index (χ2v) is 6.05. The van der Waals surface area contributed by atoms with Crippen LogP contribution in [0.2, 0.25) is 0 Å². The molecule has 2 aromatic rings. The number of nitrogens with zero attached hydrogens (tertiary/aromatic N) is 2. The second-order valence-electron chi connectivity index (χ2n) is 4.37. The molecular weight excluding hydrogens is 262 g/mol. The summed E-state index contributed by atoms with van der Waals surface area (Å²) in [4.78, 5) is 0.257. The molecule has 0 atom stereocenters. The largest absolute Gasteiger partial charge is 0.276 e. The summed E-state index contributed by atoms with van der Waals surface area (Å²) in [5, 5.41) is 4.01. The van der Waals surface area contributed by atoms with Gasteiger partial charge in [-0.2, -0.15) is 5.10 Å². The number of aryl methyl sites for hydroxylation is 2. The van der Waals surface area contributed by atoms with E-state index in [4.69, 9.17) is 0 Å². The van der Waals surface area contributed by atoms with Gasteiger partial charge in [0.05, 0.1) is 22.5 Å². The summed E-state index contributed by atoms with van der Waals surface area (Å²) >= 11 is 0. The number of aromatic nitrogens is 2. The monoisotopic (exact) mass is 279 g/mol. The van der Waals surface area contributed by atoms with Gasteiger partial charge >= 0.3 is 0 Å². The molecule has 0 aliphatic heterocycles. The van der Waals surface area contributed by atoms with Crippen molar-refractivity contribution in [2.24, 2.45) is 7.05 Å². The van der Waals surface area contributed by atoms with Gasteiger partial charge in [-0.3, -0.25) is 9.40 Å². The van der Waals surface area contributed by atoms with Gasteiger partial charge in [0.15, 0.2) is 0 Å². The number of hydrogen-bond acceptors (Lipinski definition) is 3. The minimum Gasteiger partial charge on any atom is -0.276 e. The summed E-state index contributed by atoms with van der Waals surface area (Å²) in [5.74, 6) is 0. The first-order valence-electron chi connectivity index (χ1n) is 6.04. The maximum Gasteiger partial charge on any atom is 0.262 e. The number of rotatable bonds is 4. The molecule has 0 aliphatic carbocycles. The highest BCUT2D eigenvalue weighted by Crippen LogP contribution is 2.19. The molecular formula is C13H17N3O2S. The van der Waals surface area contributed by atoms with Gasteiger partial charge in [0.1, 0.15) is 0 Å². The molecule has 19 heavy (non-hydrogen) atoms. The summed E-state index contributed by atoms with van der Waals surface area (Å²) in [6.07, 6.45) is 2.39. The van der Waals surface area contributed by atoms with Crippen LogP contribution in [0.5, 0.6) is 0 Å². The fraction of sp³-hybridized carbons (Fsp3) is 0.308. The van der Waals surface area contributed by atoms with Crippen LogP contribution in [0, 0.1) is 6.92 Å². The molecule has 0 saturated carbocycles. The average Bonchev–Trinajstić information content (AvgIpc) is 2.70. The van der Waals surface area contributed by atoms with E-state index in [0.717, 1.165) is 17.7 Å². The standard InChI is InChI=1S/C13H17N3O2S/c1-4-11-5-7-12(8-6-11)19(17,18)15-13-9-14-16(3)10(13)2/h5-9,15H,4H2,1-3H3. The van der Waals surface area contributed by atoms with Crippen molar-refractivity contribution in [2.45, 2.75) is 25.2 Å². The lowest BCUT2D eigenvalue weighted by atomic mass is 10.2. The van der Waals surface area contributed by atoms with Crippen LogP contribution < -0.4 is 4.72 Å². The van der Waals surface area contributed by atoms with Crippen LogP contribution in [0.3, 0.4) is 0 Å². The number of anilines is 1. The number of sulfonamides is 1. The van der Waals surface area contributed by atoms with Gasteiger partial charge < -0.3 is 0 Å². The SMILES string of the molecule is CCc1ccc(S(=O)(=O)Nc2cnn(C)c2C)cc1. The van der Waals surface area contributed by atoms with Crippen LogP contribution in [0.15, 0.2) is 35.4 Å². The zero-order valence-electron chi connectivity index (χ0n) is 11.2. The summed E-state index contributed by atoms with van der Waals surface area (Å²) < 4.78 is 28.6. The maximum absolute atomic E-state index is 12.2. The van der Waals surface area contributed by atoms with Gasteiger partial charge in [0.25, 0.3) is 10.0 Å². The predicted molar refractivity (Wildman–Crippen MR) is 74.6 cm³/mol. The third kappa shape index (κ3) is 2.78. The van der Waals surface area contributed by atoms with E-state index in [1.807, 2.05) is 26.0 Å². The summed E-state index contributed by atoms with van der Waals surface area (Å²) in [5.41, 5.74) is 2.38. The molecule has 1 N–H and O–H groups in total. The topological polar surface area (TPSA) is 64.0 Å². The Morgan fingerprint density at radius 2 is 1.89 bits per heavy atom. The Hall–Kier alpha value is -1.82. The van der Waals surface area contributed by atoms with Crippen molar-refractivity contribution < 1.29 is 8.42 Å². The van der Waals surface area contributed by atoms with Crippen LogP contribution in [0.4, 0.5) is 5.69 Å². The third-order valence-corrected chi connectivity index (χ3v) is 4.50. The quantitative estimate of drug-likeness (QED) is 0.932. The Kier molecular flexibility index (Phi) is 3.61. The molecule has 0 aliphatic rings. The fourth-order valence-electron chi connectivity index (χ4n) is 1.71.